The SMILES string of the molecule is CCN(Cc1ccccc1)c1ncc(C(=O)Nc2cc(C)ccc2C)cn1. The van der Waals surface area contributed by atoms with Crippen LogP contribution in [0.2, 0.25) is 0 Å². The second-order valence-corrected chi connectivity index (χ2v) is 6.54. The first-order valence-corrected chi connectivity index (χ1v) is 9.06. The quantitative estimate of drug-likeness (QED) is 0.709. The molecular formula is C22H24N4O. The largest absolute Gasteiger partial charge is 0.337 e. The normalized spacial score (nSPS) is 10.5. The maximum absolute atomic E-state index is 12.5. The number of nitrogens with one attached hydrogen (secondary N) is 1. The molecule has 0 bridgehead atoms. The van der Waals surface area contributed by atoms with E-state index in [-0.39, 0.29) is 5.91 Å². The molecule has 5 nitrogen and oxygen atoms in total. The highest BCUT2D eigenvalue weighted by atomic mass is 16.1. The Morgan fingerprint density at radius 2 is 1.74 bits per heavy atom. The van der Waals surface area contributed by atoms with Crippen LogP contribution in [0.15, 0.2) is 60.9 Å². The lowest BCUT2D eigenvalue weighted by atomic mass is 10.1. The summed E-state index contributed by atoms with van der Waals surface area (Å²) in [6.07, 6.45) is 3.16. The molecule has 1 amide bonds. The Bertz CT molecular complexity index is 907. The summed E-state index contributed by atoms with van der Waals surface area (Å²) in [7, 11) is 0. The van der Waals surface area contributed by atoms with E-state index in [0.717, 1.165) is 29.9 Å². The van der Waals surface area contributed by atoms with Gasteiger partial charge in [0.25, 0.3) is 5.91 Å². The van der Waals surface area contributed by atoms with Crippen molar-refractivity contribution < 1.29 is 4.79 Å². The summed E-state index contributed by atoms with van der Waals surface area (Å²) in [5.41, 5.74) is 4.56. The van der Waals surface area contributed by atoms with Crippen molar-refractivity contribution >= 4 is 17.5 Å². The molecule has 5 heteroatoms. The van der Waals surface area contributed by atoms with E-state index in [2.05, 4.69) is 39.2 Å². The molecule has 0 aliphatic rings. The number of nitrogens with zero attached hydrogens (tertiary/aromatic N) is 3. The first-order valence-electron chi connectivity index (χ1n) is 9.06. The molecule has 1 heterocycles. The molecule has 0 saturated carbocycles. The Morgan fingerprint density at radius 1 is 1.04 bits per heavy atom. The Hall–Kier alpha value is -3.21. The molecule has 138 valence electrons. The summed E-state index contributed by atoms with van der Waals surface area (Å²) < 4.78 is 0. The number of rotatable bonds is 6. The number of carbonyl (C=O) groups excluding carboxylic acids is 1. The van der Waals surface area contributed by atoms with Crippen LogP contribution in [0.4, 0.5) is 11.6 Å². The molecule has 0 aliphatic carbocycles. The Morgan fingerprint density at radius 3 is 2.41 bits per heavy atom. The molecule has 1 aromatic heterocycles. The van der Waals surface area contributed by atoms with Gasteiger partial charge in [-0.05, 0) is 43.5 Å². The van der Waals surface area contributed by atoms with Gasteiger partial charge in [0.2, 0.25) is 5.95 Å². The Labute approximate surface area is 160 Å². The Balaban J connectivity index is 1.72. The molecule has 0 saturated heterocycles. The average Bonchev–Trinajstić information content (AvgIpc) is 2.70. The van der Waals surface area contributed by atoms with Gasteiger partial charge in [0.1, 0.15) is 0 Å². The van der Waals surface area contributed by atoms with Crippen LogP contribution in [-0.4, -0.2) is 22.4 Å². The number of aromatic nitrogens is 2. The molecule has 1 N–H and O–H groups in total. The molecule has 0 unspecified atom stereocenters. The van der Waals surface area contributed by atoms with Gasteiger partial charge in [0, 0.05) is 31.2 Å². The van der Waals surface area contributed by atoms with Crippen LogP contribution in [0, 0.1) is 13.8 Å². The molecular weight excluding hydrogens is 336 g/mol. The molecule has 0 aliphatic heterocycles. The average molecular weight is 360 g/mol. The molecule has 3 rings (SSSR count). The second-order valence-electron chi connectivity index (χ2n) is 6.54. The maximum Gasteiger partial charge on any atom is 0.258 e. The highest BCUT2D eigenvalue weighted by Gasteiger charge is 2.12. The van der Waals surface area contributed by atoms with E-state index in [4.69, 9.17) is 0 Å². The van der Waals surface area contributed by atoms with Crippen molar-refractivity contribution in [2.75, 3.05) is 16.8 Å². The maximum atomic E-state index is 12.5. The predicted octanol–water partition coefficient (Wildman–Crippen LogP) is 4.37. The molecule has 27 heavy (non-hydrogen) atoms. The Kier molecular flexibility index (Phi) is 5.81. The highest BCUT2D eigenvalue weighted by Crippen LogP contribution is 2.18. The van der Waals surface area contributed by atoms with Crippen molar-refractivity contribution in [3.05, 3.63) is 83.2 Å². The van der Waals surface area contributed by atoms with Gasteiger partial charge in [-0.1, -0.05) is 42.5 Å². The smallest absolute Gasteiger partial charge is 0.258 e. The molecule has 0 radical (unpaired) electrons. The third-order valence-corrected chi connectivity index (χ3v) is 4.42. The lowest BCUT2D eigenvalue weighted by molar-refractivity contribution is 0.102. The van der Waals surface area contributed by atoms with Crippen molar-refractivity contribution in [3.8, 4) is 0 Å². The lowest BCUT2D eigenvalue weighted by Gasteiger charge is -2.20. The fourth-order valence-corrected chi connectivity index (χ4v) is 2.79. The van der Waals surface area contributed by atoms with E-state index in [1.165, 1.54) is 5.56 Å². The van der Waals surface area contributed by atoms with Crippen molar-refractivity contribution in [3.63, 3.8) is 0 Å². The second kappa shape index (κ2) is 8.45. The zero-order valence-corrected chi connectivity index (χ0v) is 15.9. The van der Waals surface area contributed by atoms with E-state index >= 15 is 0 Å². The summed E-state index contributed by atoms with van der Waals surface area (Å²) in [5.74, 6) is 0.408. The standard InChI is InChI=1S/C22H24N4O/c1-4-26(15-18-8-6-5-7-9-18)22-23-13-19(14-24-22)21(27)25-20-12-16(2)10-11-17(20)3/h5-14H,4,15H2,1-3H3,(H,25,27). The van der Waals surface area contributed by atoms with Gasteiger partial charge < -0.3 is 10.2 Å². The number of hydrogen-bond acceptors (Lipinski definition) is 4. The fraction of sp³-hybridized carbons (Fsp3) is 0.227. The van der Waals surface area contributed by atoms with Gasteiger partial charge in [-0.2, -0.15) is 0 Å². The van der Waals surface area contributed by atoms with Gasteiger partial charge in [-0.3, -0.25) is 4.79 Å². The monoisotopic (exact) mass is 360 g/mol. The van der Waals surface area contributed by atoms with E-state index in [1.807, 2.05) is 50.2 Å². The van der Waals surface area contributed by atoms with Crippen LogP contribution in [0.1, 0.15) is 34.0 Å². The van der Waals surface area contributed by atoms with Gasteiger partial charge in [0.05, 0.1) is 5.56 Å². The summed E-state index contributed by atoms with van der Waals surface area (Å²) in [5, 5.41) is 2.94. The molecule has 3 aromatic rings. The first kappa shape index (κ1) is 18.6. The molecule has 2 aromatic carbocycles. The number of hydrogen-bond donors (Lipinski definition) is 1. The molecule has 0 spiro atoms. The number of anilines is 2. The van der Waals surface area contributed by atoms with Crippen LogP contribution in [0.25, 0.3) is 0 Å². The van der Waals surface area contributed by atoms with E-state index in [0.29, 0.717) is 11.5 Å². The van der Waals surface area contributed by atoms with Gasteiger partial charge in [-0.25, -0.2) is 9.97 Å². The highest BCUT2D eigenvalue weighted by molar-refractivity contribution is 6.04. The zero-order valence-electron chi connectivity index (χ0n) is 15.9. The van der Waals surface area contributed by atoms with Crippen molar-refractivity contribution in [1.82, 2.24) is 9.97 Å². The number of amides is 1. The summed E-state index contributed by atoms with van der Waals surface area (Å²) in [4.78, 5) is 23.4. The number of carbonyl (C=O) groups is 1. The van der Waals surface area contributed by atoms with E-state index < -0.39 is 0 Å². The number of aryl methyl sites for hydroxylation is 2. The van der Waals surface area contributed by atoms with Crippen molar-refractivity contribution in [2.45, 2.75) is 27.3 Å². The van der Waals surface area contributed by atoms with Crippen LogP contribution in [-0.2, 0) is 6.54 Å². The van der Waals surface area contributed by atoms with Gasteiger partial charge in [-0.15, -0.1) is 0 Å². The third-order valence-electron chi connectivity index (χ3n) is 4.42. The lowest BCUT2D eigenvalue weighted by Crippen LogP contribution is -2.24. The number of benzene rings is 2. The summed E-state index contributed by atoms with van der Waals surface area (Å²) in [6.45, 7) is 7.54. The van der Waals surface area contributed by atoms with Crippen molar-refractivity contribution in [2.24, 2.45) is 0 Å². The first-order chi connectivity index (χ1) is 13.1. The summed E-state index contributed by atoms with van der Waals surface area (Å²) >= 11 is 0. The van der Waals surface area contributed by atoms with Crippen molar-refractivity contribution in [1.29, 1.82) is 0 Å². The minimum Gasteiger partial charge on any atom is -0.337 e. The fourth-order valence-electron chi connectivity index (χ4n) is 2.79. The molecule has 0 atom stereocenters. The van der Waals surface area contributed by atoms with E-state index in [9.17, 15) is 4.79 Å². The summed E-state index contributed by atoms with van der Waals surface area (Å²) in [6, 6.07) is 16.2. The van der Waals surface area contributed by atoms with Gasteiger partial charge in [0.15, 0.2) is 0 Å². The predicted molar refractivity (Wildman–Crippen MR) is 109 cm³/mol. The minimum absolute atomic E-state index is 0.207. The molecule has 0 fully saturated rings. The van der Waals surface area contributed by atoms with Crippen LogP contribution in [0.5, 0.6) is 0 Å². The van der Waals surface area contributed by atoms with Gasteiger partial charge >= 0.3 is 0 Å². The van der Waals surface area contributed by atoms with Crippen LogP contribution >= 0.6 is 0 Å². The topological polar surface area (TPSA) is 58.1 Å². The zero-order chi connectivity index (χ0) is 19.2. The minimum atomic E-state index is -0.207. The van der Waals surface area contributed by atoms with Crippen LogP contribution < -0.4 is 10.2 Å². The van der Waals surface area contributed by atoms with E-state index in [1.54, 1.807) is 12.4 Å². The van der Waals surface area contributed by atoms with Crippen LogP contribution in [0.3, 0.4) is 0 Å². The third kappa shape index (κ3) is 4.70.